The molecule has 0 aromatic heterocycles. The Hall–Kier alpha value is -2.04. The first-order chi connectivity index (χ1) is 10.3. The van der Waals surface area contributed by atoms with Gasteiger partial charge >= 0.3 is 0 Å². The molecule has 4 heteroatoms. The minimum absolute atomic E-state index is 0.0589. The van der Waals surface area contributed by atoms with E-state index in [1.807, 2.05) is 49.5 Å². The summed E-state index contributed by atoms with van der Waals surface area (Å²) in [5, 5.41) is 12.2. The van der Waals surface area contributed by atoms with Crippen molar-refractivity contribution in [2.24, 2.45) is 0 Å². The Morgan fingerprint density at radius 1 is 1.05 bits per heavy atom. The fraction of sp³-hybridized carbons (Fsp3) is 0.294. The highest BCUT2D eigenvalue weighted by molar-refractivity contribution is 5.41. The summed E-state index contributed by atoms with van der Waals surface area (Å²) in [7, 11) is 3.55. The van der Waals surface area contributed by atoms with E-state index in [2.05, 4.69) is 5.32 Å². The molecule has 0 aliphatic rings. The van der Waals surface area contributed by atoms with E-state index in [1.165, 1.54) is 0 Å². The molecule has 0 bridgehead atoms. The zero-order chi connectivity index (χ0) is 15.1. The summed E-state index contributed by atoms with van der Waals surface area (Å²) in [4.78, 5) is 0. The maximum absolute atomic E-state index is 9.04. The second kappa shape index (κ2) is 7.67. The lowest BCUT2D eigenvalue weighted by Gasteiger charge is -2.13. The van der Waals surface area contributed by atoms with Gasteiger partial charge < -0.3 is 19.9 Å². The highest BCUT2D eigenvalue weighted by Crippen LogP contribution is 2.25. The lowest BCUT2D eigenvalue weighted by Crippen LogP contribution is -2.07. The van der Waals surface area contributed by atoms with Crippen LogP contribution >= 0.6 is 0 Å². The van der Waals surface area contributed by atoms with Crippen LogP contribution in [0, 0.1) is 0 Å². The number of ether oxygens (including phenoxy) is 2. The topological polar surface area (TPSA) is 50.7 Å². The normalized spacial score (nSPS) is 10.4. The summed E-state index contributed by atoms with van der Waals surface area (Å²) in [5.74, 6) is 1.59. The van der Waals surface area contributed by atoms with Crippen molar-refractivity contribution in [3.05, 3.63) is 59.2 Å². The van der Waals surface area contributed by atoms with Crippen LogP contribution in [0.5, 0.6) is 11.5 Å². The smallest absolute Gasteiger partial charge is 0.127 e. The lowest BCUT2D eigenvalue weighted by atomic mass is 10.1. The van der Waals surface area contributed by atoms with Gasteiger partial charge in [-0.2, -0.15) is 0 Å². The van der Waals surface area contributed by atoms with E-state index in [0.717, 1.165) is 34.7 Å². The van der Waals surface area contributed by atoms with Gasteiger partial charge in [0.15, 0.2) is 0 Å². The summed E-state index contributed by atoms with van der Waals surface area (Å²) in [6.45, 7) is 1.28. The SMILES string of the molecule is CNCc1ccc(OC)cc1OCc1ccc(CO)cc1. The van der Waals surface area contributed by atoms with Crippen molar-refractivity contribution in [3.8, 4) is 11.5 Å². The molecule has 0 aliphatic heterocycles. The highest BCUT2D eigenvalue weighted by Gasteiger charge is 2.06. The minimum atomic E-state index is 0.0589. The van der Waals surface area contributed by atoms with Gasteiger partial charge in [0.05, 0.1) is 13.7 Å². The fourth-order valence-corrected chi connectivity index (χ4v) is 2.03. The molecule has 0 heterocycles. The molecule has 0 amide bonds. The Morgan fingerprint density at radius 3 is 2.38 bits per heavy atom. The summed E-state index contributed by atoms with van der Waals surface area (Å²) < 4.78 is 11.2. The van der Waals surface area contributed by atoms with E-state index in [-0.39, 0.29) is 6.61 Å². The van der Waals surface area contributed by atoms with Crippen LogP contribution in [0.1, 0.15) is 16.7 Å². The second-order valence-electron chi connectivity index (χ2n) is 4.77. The summed E-state index contributed by atoms with van der Waals surface area (Å²) in [5.41, 5.74) is 3.05. The molecule has 2 aromatic carbocycles. The Labute approximate surface area is 125 Å². The van der Waals surface area contributed by atoms with Crippen LogP contribution in [0.4, 0.5) is 0 Å². The van der Waals surface area contributed by atoms with Crippen LogP contribution in [0.25, 0.3) is 0 Å². The van der Waals surface area contributed by atoms with E-state index >= 15 is 0 Å². The predicted octanol–water partition coefficient (Wildman–Crippen LogP) is 2.49. The van der Waals surface area contributed by atoms with Crippen molar-refractivity contribution in [1.29, 1.82) is 0 Å². The van der Waals surface area contributed by atoms with Gasteiger partial charge in [0.25, 0.3) is 0 Å². The van der Waals surface area contributed by atoms with E-state index < -0.39 is 0 Å². The second-order valence-corrected chi connectivity index (χ2v) is 4.77. The van der Waals surface area contributed by atoms with E-state index in [0.29, 0.717) is 6.61 Å². The first-order valence-corrected chi connectivity index (χ1v) is 6.90. The molecule has 0 saturated heterocycles. The van der Waals surface area contributed by atoms with Crippen LogP contribution in [0.15, 0.2) is 42.5 Å². The van der Waals surface area contributed by atoms with Gasteiger partial charge in [0.1, 0.15) is 18.1 Å². The zero-order valence-electron chi connectivity index (χ0n) is 12.4. The van der Waals surface area contributed by atoms with Crippen LogP contribution in [-0.4, -0.2) is 19.3 Å². The van der Waals surface area contributed by atoms with E-state index in [4.69, 9.17) is 14.6 Å². The van der Waals surface area contributed by atoms with Crippen LogP contribution < -0.4 is 14.8 Å². The van der Waals surface area contributed by atoms with Crippen molar-refractivity contribution >= 4 is 0 Å². The molecule has 2 N–H and O–H groups in total. The predicted molar refractivity (Wildman–Crippen MR) is 82.5 cm³/mol. The largest absolute Gasteiger partial charge is 0.497 e. The Morgan fingerprint density at radius 2 is 1.76 bits per heavy atom. The summed E-state index contributed by atoms with van der Waals surface area (Å²) in [6, 6.07) is 13.5. The molecule has 0 fully saturated rings. The van der Waals surface area contributed by atoms with Crippen LogP contribution in [0.3, 0.4) is 0 Å². The molecular weight excluding hydrogens is 266 g/mol. The van der Waals surface area contributed by atoms with Gasteiger partial charge in [-0.1, -0.05) is 30.3 Å². The first-order valence-electron chi connectivity index (χ1n) is 6.90. The highest BCUT2D eigenvalue weighted by atomic mass is 16.5. The maximum atomic E-state index is 9.04. The lowest BCUT2D eigenvalue weighted by molar-refractivity contribution is 0.281. The molecule has 0 atom stereocenters. The number of hydrogen-bond acceptors (Lipinski definition) is 4. The average Bonchev–Trinajstić information content (AvgIpc) is 2.54. The Balaban J connectivity index is 2.09. The molecule has 112 valence electrons. The first kappa shape index (κ1) is 15.4. The molecule has 0 radical (unpaired) electrons. The summed E-state index contributed by atoms with van der Waals surface area (Å²) >= 11 is 0. The number of hydrogen-bond donors (Lipinski definition) is 2. The molecule has 2 aromatic rings. The average molecular weight is 287 g/mol. The molecule has 0 unspecified atom stereocenters. The minimum Gasteiger partial charge on any atom is -0.497 e. The van der Waals surface area contributed by atoms with Gasteiger partial charge in [-0.3, -0.25) is 0 Å². The number of rotatable bonds is 7. The zero-order valence-corrected chi connectivity index (χ0v) is 12.4. The third-order valence-electron chi connectivity index (χ3n) is 3.24. The van der Waals surface area contributed by atoms with Crippen molar-refractivity contribution in [1.82, 2.24) is 5.32 Å². The number of aliphatic hydroxyl groups excluding tert-OH is 1. The van der Waals surface area contributed by atoms with Crippen molar-refractivity contribution in [2.45, 2.75) is 19.8 Å². The molecule has 2 rings (SSSR count). The fourth-order valence-electron chi connectivity index (χ4n) is 2.03. The molecule has 4 nitrogen and oxygen atoms in total. The van der Waals surface area contributed by atoms with Gasteiger partial charge in [0, 0.05) is 18.2 Å². The number of benzene rings is 2. The third kappa shape index (κ3) is 4.21. The Bertz CT molecular complexity index is 567. The standard InChI is InChI=1S/C17H21NO3/c1-18-10-15-7-8-16(20-2)9-17(15)21-12-14-5-3-13(11-19)4-6-14/h3-9,18-19H,10-12H2,1-2H3. The molecule has 0 aliphatic carbocycles. The Kier molecular flexibility index (Phi) is 5.60. The number of nitrogens with one attached hydrogen (secondary N) is 1. The van der Waals surface area contributed by atoms with E-state index in [1.54, 1.807) is 7.11 Å². The van der Waals surface area contributed by atoms with Gasteiger partial charge in [-0.25, -0.2) is 0 Å². The maximum Gasteiger partial charge on any atom is 0.127 e. The van der Waals surface area contributed by atoms with Crippen molar-refractivity contribution in [3.63, 3.8) is 0 Å². The van der Waals surface area contributed by atoms with Crippen molar-refractivity contribution < 1.29 is 14.6 Å². The monoisotopic (exact) mass is 287 g/mol. The molecule has 0 saturated carbocycles. The number of methoxy groups -OCH3 is 1. The van der Waals surface area contributed by atoms with Gasteiger partial charge in [-0.15, -0.1) is 0 Å². The summed E-state index contributed by atoms with van der Waals surface area (Å²) in [6.07, 6.45) is 0. The van der Waals surface area contributed by atoms with E-state index in [9.17, 15) is 0 Å². The molecule has 0 spiro atoms. The third-order valence-corrected chi connectivity index (χ3v) is 3.24. The van der Waals surface area contributed by atoms with Crippen molar-refractivity contribution in [2.75, 3.05) is 14.2 Å². The van der Waals surface area contributed by atoms with Crippen LogP contribution in [0.2, 0.25) is 0 Å². The van der Waals surface area contributed by atoms with Gasteiger partial charge in [0.2, 0.25) is 0 Å². The number of aliphatic hydroxyl groups is 1. The molecular formula is C17H21NO3. The van der Waals surface area contributed by atoms with Crippen LogP contribution in [-0.2, 0) is 19.8 Å². The quantitative estimate of drug-likeness (QED) is 0.821. The van der Waals surface area contributed by atoms with Gasteiger partial charge in [-0.05, 0) is 24.2 Å². The molecule has 21 heavy (non-hydrogen) atoms.